The van der Waals surface area contributed by atoms with E-state index in [0.29, 0.717) is 52.3 Å². The highest BCUT2D eigenvalue weighted by Gasteiger charge is 2.36. The van der Waals surface area contributed by atoms with Gasteiger partial charge in [-0.05, 0) is 30.0 Å². The largest absolute Gasteiger partial charge is 0.496 e. The number of piperazine rings is 1. The first-order chi connectivity index (χ1) is 21.7. The maximum absolute atomic E-state index is 14.3. The van der Waals surface area contributed by atoms with Crippen molar-refractivity contribution < 1.29 is 41.3 Å². The van der Waals surface area contributed by atoms with Crippen molar-refractivity contribution in [3.63, 3.8) is 0 Å². The Labute approximate surface area is 265 Å². The smallest absolute Gasteiger partial charge is 0.239 e. The Balaban J connectivity index is 1.65. The van der Waals surface area contributed by atoms with Crippen molar-refractivity contribution in [2.75, 3.05) is 55.2 Å². The lowest BCUT2D eigenvalue weighted by atomic mass is 10.1. The number of hydrogen-bond acceptors (Lipinski definition) is 13. The van der Waals surface area contributed by atoms with Crippen LogP contribution in [0.5, 0.6) is 34.5 Å². The quantitative estimate of drug-likeness (QED) is 0.231. The van der Waals surface area contributed by atoms with Gasteiger partial charge in [0, 0.05) is 37.3 Å². The van der Waals surface area contributed by atoms with Crippen LogP contribution in [0.25, 0.3) is 22.3 Å². The van der Waals surface area contributed by atoms with Gasteiger partial charge in [-0.3, -0.25) is 15.0 Å². The predicted octanol–water partition coefficient (Wildman–Crippen LogP) is 4.38. The molecule has 1 N–H and O–H groups in total. The molecule has 0 bridgehead atoms. The molecule has 14 heteroatoms. The topological polar surface area (TPSA) is 135 Å². The summed E-state index contributed by atoms with van der Waals surface area (Å²) in [5.41, 5.74) is 0.161. The van der Waals surface area contributed by atoms with Crippen LogP contribution in [-0.2, 0) is 9.84 Å². The first-order valence-corrected chi connectivity index (χ1v) is 16.6. The Hall–Kier alpha value is -3.98. The summed E-state index contributed by atoms with van der Waals surface area (Å²) in [6.07, 6.45) is -0.226. The van der Waals surface area contributed by atoms with Crippen molar-refractivity contribution in [2.24, 2.45) is 0 Å². The monoisotopic (exact) mass is 660 g/mol. The number of rotatable bonds is 12. The molecule has 2 aromatic heterocycles. The number of sulfone groups is 1. The molecule has 5 rings (SSSR count). The number of benzene rings is 2. The molecular weight excluding hydrogens is 624 g/mol. The van der Waals surface area contributed by atoms with E-state index in [1.165, 1.54) is 46.9 Å². The summed E-state index contributed by atoms with van der Waals surface area (Å²) >= 11 is 1.18. The third kappa shape index (κ3) is 6.15. The average Bonchev–Trinajstić information content (AvgIpc) is 3.63. The van der Waals surface area contributed by atoms with Crippen LogP contribution in [0.2, 0.25) is 0 Å². The Morgan fingerprint density at radius 1 is 0.978 bits per heavy atom. The second kappa shape index (κ2) is 13.6. The van der Waals surface area contributed by atoms with Gasteiger partial charge >= 0.3 is 0 Å². The Kier molecular flexibility index (Phi) is 9.77. The maximum Gasteiger partial charge on any atom is 0.239 e. The van der Waals surface area contributed by atoms with Crippen LogP contribution in [-0.4, -0.2) is 80.1 Å². The van der Waals surface area contributed by atoms with E-state index in [0.717, 1.165) is 0 Å². The van der Waals surface area contributed by atoms with Crippen molar-refractivity contribution in [1.82, 2.24) is 10.2 Å². The van der Waals surface area contributed by atoms with E-state index in [4.69, 9.17) is 32.8 Å². The Bertz CT molecular complexity index is 1800. The fraction of sp³-hybridized carbons (Fsp3) is 0.387. The molecule has 12 nitrogen and oxygen atoms in total. The molecule has 2 aromatic carbocycles. The van der Waals surface area contributed by atoms with Crippen LogP contribution in [0.4, 0.5) is 0 Å². The first-order valence-electron chi connectivity index (χ1n) is 14.1. The molecule has 0 radical (unpaired) electrons. The molecule has 0 spiro atoms. The van der Waals surface area contributed by atoms with Crippen molar-refractivity contribution in [1.29, 1.82) is 0 Å². The molecule has 1 saturated heterocycles. The zero-order valence-electron chi connectivity index (χ0n) is 25.9. The third-order valence-electron chi connectivity index (χ3n) is 7.61. The third-order valence-corrected chi connectivity index (χ3v) is 11.0. The van der Waals surface area contributed by atoms with Gasteiger partial charge in [-0.1, -0.05) is 13.0 Å². The first kappa shape index (κ1) is 32.4. The van der Waals surface area contributed by atoms with E-state index in [2.05, 4.69) is 5.32 Å². The van der Waals surface area contributed by atoms with Crippen molar-refractivity contribution in [3.05, 3.63) is 52.0 Å². The summed E-state index contributed by atoms with van der Waals surface area (Å²) in [6.45, 7) is 2.96. The molecule has 4 aromatic rings. The van der Waals surface area contributed by atoms with E-state index in [1.54, 1.807) is 41.8 Å². The van der Waals surface area contributed by atoms with Gasteiger partial charge in [0.05, 0.1) is 35.5 Å². The molecule has 1 aliphatic rings. The zero-order chi connectivity index (χ0) is 32.3. The lowest BCUT2D eigenvalue weighted by Crippen LogP contribution is -2.57. The van der Waals surface area contributed by atoms with Crippen LogP contribution in [0.3, 0.4) is 0 Å². The van der Waals surface area contributed by atoms with Crippen LogP contribution in [0, 0.1) is 0 Å². The number of hydrogen-bond donors (Lipinski definition) is 1. The van der Waals surface area contributed by atoms with Crippen LogP contribution < -0.4 is 39.2 Å². The van der Waals surface area contributed by atoms with Gasteiger partial charge < -0.3 is 32.8 Å². The molecule has 1 aliphatic heterocycles. The molecule has 2 unspecified atom stereocenters. The number of ether oxygens (including phenoxy) is 6. The molecule has 0 amide bonds. The van der Waals surface area contributed by atoms with Gasteiger partial charge in [0.25, 0.3) is 0 Å². The van der Waals surface area contributed by atoms with Crippen LogP contribution in [0.15, 0.2) is 55.2 Å². The van der Waals surface area contributed by atoms with Crippen molar-refractivity contribution >= 4 is 32.1 Å². The van der Waals surface area contributed by atoms with Gasteiger partial charge in [0.1, 0.15) is 32.1 Å². The highest BCUT2D eigenvalue weighted by atomic mass is 32.2. The minimum absolute atomic E-state index is 0.0803. The average molecular weight is 661 g/mol. The molecular formula is C31H36N2O10S2. The Morgan fingerprint density at radius 3 is 2.27 bits per heavy atom. The van der Waals surface area contributed by atoms with E-state index in [-0.39, 0.29) is 34.8 Å². The van der Waals surface area contributed by atoms with Crippen LogP contribution in [0.1, 0.15) is 13.3 Å². The molecule has 3 heterocycles. The number of thiophene rings is 1. The normalized spacial score (nSPS) is 16.3. The van der Waals surface area contributed by atoms with Gasteiger partial charge in [0.15, 0.2) is 23.5 Å². The summed E-state index contributed by atoms with van der Waals surface area (Å²) < 4.78 is 67.5. The second-order valence-electron chi connectivity index (χ2n) is 10.1. The van der Waals surface area contributed by atoms with Gasteiger partial charge in [-0.15, -0.1) is 11.3 Å². The molecule has 0 aliphatic carbocycles. The number of nitrogens with one attached hydrogen (secondary N) is 1. The lowest BCUT2D eigenvalue weighted by molar-refractivity contribution is 0.00957. The van der Waals surface area contributed by atoms with E-state index >= 15 is 0 Å². The minimum Gasteiger partial charge on any atom is -0.496 e. The van der Waals surface area contributed by atoms with Gasteiger partial charge in [-0.2, -0.15) is 0 Å². The summed E-state index contributed by atoms with van der Waals surface area (Å²) in [5.74, 6) is 1.76. The number of fused-ring (bicyclic) bond motifs is 1. The van der Waals surface area contributed by atoms with Crippen molar-refractivity contribution in [2.45, 2.75) is 29.2 Å². The van der Waals surface area contributed by atoms with Gasteiger partial charge in [0.2, 0.25) is 26.8 Å². The highest BCUT2D eigenvalue weighted by Crippen LogP contribution is 2.44. The predicted molar refractivity (Wildman–Crippen MR) is 170 cm³/mol. The summed E-state index contributed by atoms with van der Waals surface area (Å²) in [7, 11) is 3.79. The minimum atomic E-state index is -3.63. The highest BCUT2D eigenvalue weighted by molar-refractivity contribution is 7.94. The summed E-state index contributed by atoms with van der Waals surface area (Å²) in [4.78, 5) is 16.2. The van der Waals surface area contributed by atoms with E-state index in [9.17, 15) is 13.2 Å². The lowest BCUT2D eigenvalue weighted by Gasteiger charge is -2.37. The fourth-order valence-corrected chi connectivity index (χ4v) is 8.13. The zero-order valence-corrected chi connectivity index (χ0v) is 27.5. The maximum atomic E-state index is 14.3. The van der Waals surface area contributed by atoms with Crippen molar-refractivity contribution in [3.8, 4) is 45.8 Å². The SMILES string of the molecule is CCC(Oc1c(-c2cc(OC)c(OC)c(OC)c2)oc2cc(OC)cc(OC)c2c1=O)N1CCNC(S(=O)(=O)c2cccs2)C1. The van der Waals surface area contributed by atoms with E-state index < -0.39 is 26.9 Å². The summed E-state index contributed by atoms with van der Waals surface area (Å²) in [5, 5.41) is 4.18. The Morgan fingerprint density at radius 2 is 1.69 bits per heavy atom. The number of nitrogens with zero attached hydrogens (tertiary/aromatic N) is 1. The fourth-order valence-electron chi connectivity index (χ4n) is 5.36. The summed E-state index contributed by atoms with van der Waals surface area (Å²) in [6, 6.07) is 9.81. The standard InChI is InChI=1S/C31H36N2O10S2/c1-7-25(33-11-10-32-24(17-33)45(35,36)26-9-8-12-44-26)43-31-28(34)27-20(38-3)15-19(37-2)16-21(27)42-29(31)18-13-22(39-4)30(41-6)23(14-18)40-5/h8-9,12-16,24-25,32H,7,10-11,17H2,1-6H3. The number of methoxy groups -OCH3 is 5. The molecule has 1 fully saturated rings. The van der Waals surface area contributed by atoms with Gasteiger partial charge in [-0.25, -0.2) is 8.42 Å². The van der Waals surface area contributed by atoms with Crippen LogP contribution >= 0.6 is 11.3 Å². The molecule has 0 saturated carbocycles. The second-order valence-corrected chi connectivity index (χ2v) is 13.4. The molecule has 45 heavy (non-hydrogen) atoms. The molecule has 2 atom stereocenters. The van der Waals surface area contributed by atoms with E-state index in [1.807, 2.05) is 11.8 Å². The molecule has 242 valence electrons.